The van der Waals surface area contributed by atoms with Crippen LogP contribution in [0, 0.1) is 6.92 Å². The summed E-state index contributed by atoms with van der Waals surface area (Å²) < 4.78 is 5.57. The zero-order valence-electron chi connectivity index (χ0n) is 11.7. The number of furan rings is 1. The van der Waals surface area contributed by atoms with Gasteiger partial charge in [-0.2, -0.15) is 0 Å². The van der Waals surface area contributed by atoms with Crippen LogP contribution in [0.4, 0.5) is 0 Å². The van der Waals surface area contributed by atoms with Gasteiger partial charge in [-0.15, -0.1) is 0 Å². The summed E-state index contributed by atoms with van der Waals surface area (Å²) in [5, 5.41) is 3.45. The molecule has 0 atom stereocenters. The highest BCUT2D eigenvalue weighted by molar-refractivity contribution is 5.14. The summed E-state index contributed by atoms with van der Waals surface area (Å²) in [5.74, 6) is 2.01. The molecule has 0 fully saturated rings. The SMILES string of the molecule is Cc1ccc(CN(C)CCNCc2ccccc2)o1. The van der Waals surface area contributed by atoms with Crippen LogP contribution in [0.3, 0.4) is 0 Å². The molecule has 0 unspecified atom stereocenters. The zero-order valence-corrected chi connectivity index (χ0v) is 11.7. The van der Waals surface area contributed by atoms with Crippen molar-refractivity contribution in [2.45, 2.75) is 20.0 Å². The van der Waals surface area contributed by atoms with Crippen molar-refractivity contribution in [2.24, 2.45) is 0 Å². The second-order valence-electron chi connectivity index (χ2n) is 4.91. The van der Waals surface area contributed by atoms with Crippen LogP contribution in [-0.4, -0.2) is 25.0 Å². The number of rotatable bonds is 7. The number of hydrogen-bond donors (Lipinski definition) is 1. The van der Waals surface area contributed by atoms with E-state index < -0.39 is 0 Å². The summed E-state index contributed by atoms with van der Waals surface area (Å²) >= 11 is 0. The Kier molecular flexibility index (Phi) is 5.19. The second kappa shape index (κ2) is 7.12. The molecule has 0 saturated heterocycles. The fourth-order valence-corrected chi connectivity index (χ4v) is 2.01. The van der Waals surface area contributed by atoms with E-state index in [0.29, 0.717) is 0 Å². The monoisotopic (exact) mass is 258 g/mol. The maximum absolute atomic E-state index is 5.57. The lowest BCUT2D eigenvalue weighted by Crippen LogP contribution is -2.28. The highest BCUT2D eigenvalue weighted by Crippen LogP contribution is 2.08. The largest absolute Gasteiger partial charge is 0.465 e. The Labute approximate surface area is 115 Å². The minimum atomic E-state index is 0.862. The van der Waals surface area contributed by atoms with Crippen LogP contribution in [0.15, 0.2) is 46.9 Å². The number of nitrogens with zero attached hydrogens (tertiary/aromatic N) is 1. The maximum atomic E-state index is 5.57. The zero-order chi connectivity index (χ0) is 13.5. The summed E-state index contributed by atoms with van der Waals surface area (Å²) in [6.07, 6.45) is 0. The molecule has 19 heavy (non-hydrogen) atoms. The lowest BCUT2D eigenvalue weighted by atomic mass is 10.2. The minimum absolute atomic E-state index is 0.862. The molecule has 2 aromatic rings. The van der Waals surface area contributed by atoms with Gasteiger partial charge < -0.3 is 9.73 Å². The van der Waals surface area contributed by atoms with Crippen molar-refractivity contribution in [3.8, 4) is 0 Å². The van der Waals surface area contributed by atoms with E-state index >= 15 is 0 Å². The van der Waals surface area contributed by atoms with Crippen molar-refractivity contribution in [2.75, 3.05) is 20.1 Å². The third-order valence-electron chi connectivity index (χ3n) is 3.06. The van der Waals surface area contributed by atoms with Crippen molar-refractivity contribution in [1.82, 2.24) is 10.2 Å². The number of hydrogen-bond acceptors (Lipinski definition) is 3. The average molecular weight is 258 g/mol. The van der Waals surface area contributed by atoms with Crippen LogP contribution in [0.5, 0.6) is 0 Å². The van der Waals surface area contributed by atoms with E-state index in [1.807, 2.05) is 25.1 Å². The Bertz CT molecular complexity index is 479. The van der Waals surface area contributed by atoms with Crippen LogP contribution < -0.4 is 5.32 Å². The predicted octanol–water partition coefficient (Wildman–Crippen LogP) is 2.81. The Hall–Kier alpha value is -1.58. The first-order valence-corrected chi connectivity index (χ1v) is 6.72. The first-order valence-electron chi connectivity index (χ1n) is 6.72. The van der Waals surface area contributed by atoms with E-state index in [0.717, 1.165) is 37.7 Å². The average Bonchev–Trinajstić information content (AvgIpc) is 2.81. The van der Waals surface area contributed by atoms with Crippen molar-refractivity contribution < 1.29 is 4.42 Å². The lowest BCUT2D eigenvalue weighted by molar-refractivity contribution is 0.291. The molecule has 3 heteroatoms. The number of aryl methyl sites for hydroxylation is 1. The molecule has 1 heterocycles. The first kappa shape index (κ1) is 13.8. The van der Waals surface area contributed by atoms with Gasteiger partial charge in [0.15, 0.2) is 0 Å². The normalized spacial score (nSPS) is 11.1. The highest BCUT2D eigenvalue weighted by atomic mass is 16.3. The van der Waals surface area contributed by atoms with Crippen LogP contribution in [0.1, 0.15) is 17.1 Å². The Morgan fingerprint density at radius 3 is 2.58 bits per heavy atom. The molecule has 0 aliphatic carbocycles. The summed E-state index contributed by atoms with van der Waals surface area (Å²) in [6, 6.07) is 14.5. The molecule has 102 valence electrons. The quantitative estimate of drug-likeness (QED) is 0.774. The lowest BCUT2D eigenvalue weighted by Gasteiger charge is -2.15. The summed E-state index contributed by atoms with van der Waals surface area (Å²) in [6.45, 7) is 5.75. The van der Waals surface area contributed by atoms with Gasteiger partial charge in [0.25, 0.3) is 0 Å². The second-order valence-corrected chi connectivity index (χ2v) is 4.91. The number of likely N-dealkylation sites (N-methyl/N-ethyl adjacent to an activating group) is 1. The van der Waals surface area contributed by atoms with E-state index in [4.69, 9.17) is 4.42 Å². The standard InChI is InChI=1S/C16H22N2O/c1-14-8-9-16(19-14)13-18(2)11-10-17-12-15-6-4-3-5-7-15/h3-9,17H,10-13H2,1-2H3. The molecule has 1 N–H and O–H groups in total. The van der Waals surface area contributed by atoms with Crippen molar-refractivity contribution >= 4 is 0 Å². The van der Waals surface area contributed by atoms with Gasteiger partial charge in [0.05, 0.1) is 6.54 Å². The van der Waals surface area contributed by atoms with Gasteiger partial charge in [0.2, 0.25) is 0 Å². The van der Waals surface area contributed by atoms with Crippen molar-refractivity contribution in [1.29, 1.82) is 0 Å². The van der Waals surface area contributed by atoms with Crippen molar-refractivity contribution in [3.63, 3.8) is 0 Å². The Morgan fingerprint density at radius 1 is 1.11 bits per heavy atom. The van der Waals surface area contributed by atoms with E-state index in [1.54, 1.807) is 0 Å². The molecule has 0 amide bonds. The fourth-order valence-electron chi connectivity index (χ4n) is 2.01. The highest BCUT2D eigenvalue weighted by Gasteiger charge is 2.03. The Balaban J connectivity index is 1.63. The molecule has 0 spiro atoms. The van der Waals surface area contributed by atoms with E-state index in [-0.39, 0.29) is 0 Å². The summed E-state index contributed by atoms with van der Waals surface area (Å²) in [7, 11) is 2.11. The van der Waals surface area contributed by atoms with Crippen molar-refractivity contribution in [3.05, 3.63) is 59.5 Å². The van der Waals surface area contributed by atoms with Gasteiger partial charge >= 0.3 is 0 Å². The molecule has 0 bridgehead atoms. The first-order chi connectivity index (χ1) is 9.24. The maximum Gasteiger partial charge on any atom is 0.118 e. The van der Waals surface area contributed by atoms with Crippen LogP contribution in [0.2, 0.25) is 0 Å². The fraction of sp³-hybridized carbons (Fsp3) is 0.375. The molecule has 0 aliphatic heterocycles. The Morgan fingerprint density at radius 2 is 1.89 bits per heavy atom. The van der Waals surface area contributed by atoms with Crippen LogP contribution in [0.25, 0.3) is 0 Å². The molecule has 0 aliphatic rings. The predicted molar refractivity (Wildman–Crippen MR) is 77.9 cm³/mol. The molecule has 3 nitrogen and oxygen atoms in total. The third-order valence-corrected chi connectivity index (χ3v) is 3.06. The minimum Gasteiger partial charge on any atom is -0.465 e. The van der Waals surface area contributed by atoms with Gasteiger partial charge in [-0.3, -0.25) is 4.90 Å². The molecular formula is C16H22N2O. The van der Waals surface area contributed by atoms with E-state index in [1.165, 1.54) is 5.56 Å². The van der Waals surface area contributed by atoms with Gasteiger partial charge in [0.1, 0.15) is 11.5 Å². The molecule has 0 saturated carbocycles. The molecule has 1 aromatic carbocycles. The number of benzene rings is 1. The molecular weight excluding hydrogens is 236 g/mol. The molecule has 1 aromatic heterocycles. The topological polar surface area (TPSA) is 28.4 Å². The number of nitrogens with one attached hydrogen (secondary N) is 1. The van der Waals surface area contributed by atoms with Gasteiger partial charge in [-0.05, 0) is 31.7 Å². The molecule has 0 radical (unpaired) electrons. The third kappa shape index (κ3) is 4.89. The van der Waals surface area contributed by atoms with Gasteiger partial charge in [-0.1, -0.05) is 30.3 Å². The van der Waals surface area contributed by atoms with Gasteiger partial charge in [-0.25, -0.2) is 0 Å². The summed E-state index contributed by atoms with van der Waals surface area (Å²) in [5.41, 5.74) is 1.33. The molecule has 2 rings (SSSR count). The van der Waals surface area contributed by atoms with Crippen LogP contribution in [-0.2, 0) is 13.1 Å². The van der Waals surface area contributed by atoms with E-state index in [9.17, 15) is 0 Å². The summed E-state index contributed by atoms with van der Waals surface area (Å²) in [4.78, 5) is 2.26. The van der Waals surface area contributed by atoms with Gasteiger partial charge in [0, 0.05) is 19.6 Å². The smallest absolute Gasteiger partial charge is 0.118 e. The van der Waals surface area contributed by atoms with E-state index in [2.05, 4.69) is 41.5 Å². The van der Waals surface area contributed by atoms with Crippen LogP contribution >= 0.6 is 0 Å².